The smallest absolute Gasteiger partial charge is 0.330 e. The van der Waals surface area contributed by atoms with Crippen molar-refractivity contribution in [3.05, 3.63) is 119 Å². The van der Waals surface area contributed by atoms with Crippen LogP contribution < -0.4 is 10.4 Å². The number of fused-ring (bicyclic) bond motifs is 1. The monoisotopic (exact) mass is 462 g/mol. The van der Waals surface area contributed by atoms with E-state index in [-0.39, 0.29) is 17.2 Å². The van der Waals surface area contributed by atoms with Crippen molar-refractivity contribution >= 4 is 22.6 Å². The molecule has 0 atom stereocenters. The summed E-state index contributed by atoms with van der Waals surface area (Å²) in [4.78, 5) is 28.4. The van der Waals surface area contributed by atoms with Crippen molar-refractivity contribution in [1.29, 1.82) is 0 Å². The average molecular weight is 463 g/mol. The van der Waals surface area contributed by atoms with Gasteiger partial charge in [0.1, 0.15) is 0 Å². The van der Waals surface area contributed by atoms with E-state index in [1.54, 1.807) is 48.7 Å². The molecule has 0 bridgehead atoms. The zero-order chi connectivity index (χ0) is 24.4. The fourth-order valence-corrected chi connectivity index (χ4v) is 3.97. The molecule has 6 nitrogen and oxygen atoms in total. The van der Waals surface area contributed by atoms with Gasteiger partial charge in [0.2, 0.25) is 0 Å². The van der Waals surface area contributed by atoms with Gasteiger partial charge in [0.15, 0.2) is 17.3 Å². The standard InChI is InChI=1S/C29H22N2O4/c1-35-28-15-19(10-14-27(28)33)9-13-26(32)23-7-4-8-24(17-23)31-18-25(30-29(31)34)22-12-11-20-5-2-3-6-21(20)16-22/h2-18,33H,1H3,(H,30,34)/b13-9+. The molecule has 172 valence electrons. The number of carbonyl (C=O) groups is 1. The number of imidazole rings is 1. The van der Waals surface area contributed by atoms with E-state index < -0.39 is 0 Å². The van der Waals surface area contributed by atoms with Crippen LogP contribution in [-0.2, 0) is 0 Å². The summed E-state index contributed by atoms with van der Waals surface area (Å²) in [7, 11) is 1.47. The molecule has 5 rings (SSSR count). The van der Waals surface area contributed by atoms with E-state index in [1.165, 1.54) is 23.8 Å². The van der Waals surface area contributed by atoms with Crippen LogP contribution in [0.4, 0.5) is 0 Å². The van der Waals surface area contributed by atoms with Crippen LogP contribution in [0.1, 0.15) is 15.9 Å². The minimum atomic E-state index is -0.288. The Kier molecular flexibility index (Phi) is 5.77. The lowest BCUT2D eigenvalue weighted by Gasteiger charge is -2.04. The maximum absolute atomic E-state index is 12.8. The molecule has 1 aromatic heterocycles. The van der Waals surface area contributed by atoms with Gasteiger partial charge in [0, 0.05) is 17.3 Å². The number of rotatable bonds is 6. The fraction of sp³-hybridized carbons (Fsp3) is 0.0345. The highest BCUT2D eigenvalue weighted by atomic mass is 16.5. The predicted octanol–water partition coefficient (Wildman–Crippen LogP) is 5.60. The van der Waals surface area contributed by atoms with Crippen LogP contribution in [0.5, 0.6) is 11.5 Å². The van der Waals surface area contributed by atoms with Crippen molar-refractivity contribution in [2.75, 3.05) is 7.11 Å². The number of aromatic hydroxyl groups is 1. The fourth-order valence-electron chi connectivity index (χ4n) is 3.97. The minimum absolute atomic E-state index is 0.0312. The van der Waals surface area contributed by atoms with E-state index in [0.29, 0.717) is 28.3 Å². The van der Waals surface area contributed by atoms with Gasteiger partial charge in [-0.2, -0.15) is 0 Å². The molecule has 0 spiro atoms. The van der Waals surface area contributed by atoms with Crippen molar-refractivity contribution < 1.29 is 14.6 Å². The maximum atomic E-state index is 12.8. The number of benzene rings is 4. The molecule has 4 aromatic carbocycles. The average Bonchev–Trinajstić information content (AvgIpc) is 3.29. The van der Waals surface area contributed by atoms with Gasteiger partial charge in [0.25, 0.3) is 0 Å². The Balaban J connectivity index is 1.42. The van der Waals surface area contributed by atoms with Crippen molar-refractivity contribution in [3.63, 3.8) is 0 Å². The normalized spacial score (nSPS) is 11.2. The Morgan fingerprint density at radius 2 is 1.77 bits per heavy atom. The molecule has 6 heteroatoms. The number of methoxy groups -OCH3 is 1. The van der Waals surface area contributed by atoms with Crippen molar-refractivity contribution in [2.24, 2.45) is 0 Å². The number of nitrogens with one attached hydrogen (secondary N) is 1. The zero-order valence-electron chi connectivity index (χ0n) is 18.9. The van der Waals surface area contributed by atoms with Crippen LogP contribution in [0.3, 0.4) is 0 Å². The van der Waals surface area contributed by atoms with E-state index in [4.69, 9.17) is 4.74 Å². The molecule has 0 saturated heterocycles. The molecule has 35 heavy (non-hydrogen) atoms. The van der Waals surface area contributed by atoms with Gasteiger partial charge in [-0.3, -0.25) is 9.36 Å². The number of H-pyrrole nitrogens is 1. The highest BCUT2D eigenvalue weighted by Crippen LogP contribution is 2.27. The minimum Gasteiger partial charge on any atom is -0.504 e. The van der Waals surface area contributed by atoms with E-state index in [0.717, 1.165) is 16.3 Å². The molecule has 2 N–H and O–H groups in total. The molecule has 0 aliphatic heterocycles. The number of hydrogen-bond donors (Lipinski definition) is 2. The number of allylic oxidation sites excluding steroid dienone is 1. The van der Waals surface area contributed by atoms with Crippen LogP contribution in [0, 0.1) is 0 Å². The molecule has 0 saturated carbocycles. The van der Waals surface area contributed by atoms with Crippen molar-refractivity contribution in [2.45, 2.75) is 0 Å². The second kappa shape index (κ2) is 9.19. The van der Waals surface area contributed by atoms with E-state index >= 15 is 0 Å². The van der Waals surface area contributed by atoms with E-state index in [2.05, 4.69) is 4.98 Å². The second-order valence-corrected chi connectivity index (χ2v) is 8.08. The molecule has 0 amide bonds. The number of phenolic OH excluding ortho intramolecular Hbond substituents is 1. The molecular formula is C29H22N2O4. The SMILES string of the molecule is COc1cc(/C=C/C(=O)c2cccc(-n3cc(-c4ccc5ccccc5c4)[nH]c3=O)c2)ccc1O. The Bertz CT molecular complexity index is 1640. The van der Waals surface area contributed by atoms with Gasteiger partial charge < -0.3 is 14.8 Å². The third-order valence-corrected chi connectivity index (χ3v) is 5.82. The van der Waals surface area contributed by atoms with E-state index in [9.17, 15) is 14.7 Å². The van der Waals surface area contributed by atoms with Gasteiger partial charge in [-0.15, -0.1) is 0 Å². The van der Waals surface area contributed by atoms with Gasteiger partial charge in [-0.1, -0.05) is 60.7 Å². The first kappa shape index (κ1) is 22.0. The number of phenols is 1. The molecule has 1 heterocycles. The summed E-state index contributed by atoms with van der Waals surface area (Å²) in [5, 5.41) is 11.9. The molecule has 0 radical (unpaired) electrons. The van der Waals surface area contributed by atoms with Crippen molar-refractivity contribution in [3.8, 4) is 28.4 Å². The highest BCUT2D eigenvalue weighted by Gasteiger charge is 2.10. The van der Waals surface area contributed by atoms with E-state index in [1.807, 2.05) is 42.5 Å². The number of ketones is 1. The molecule has 0 fully saturated rings. The lowest BCUT2D eigenvalue weighted by atomic mass is 10.1. The molecule has 0 aliphatic rings. The number of aromatic amines is 1. The van der Waals surface area contributed by atoms with Gasteiger partial charge in [-0.25, -0.2) is 4.79 Å². The van der Waals surface area contributed by atoms with Gasteiger partial charge in [-0.05, 0) is 52.7 Å². The summed E-state index contributed by atoms with van der Waals surface area (Å²) in [5.74, 6) is 0.150. The topological polar surface area (TPSA) is 84.3 Å². The van der Waals surface area contributed by atoms with Gasteiger partial charge in [0.05, 0.1) is 18.5 Å². The first-order valence-electron chi connectivity index (χ1n) is 11.0. The summed E-state index contributed by atoms with van der Waals surface area (Å²) in [5.41, 5.74) is 3.06. The third-order valence-electron chi connectivity index (χ3n) is 5.82. The number of ether oxygens (including phenoxy) is 1. The summed E-state index contributed by atoms with van der Waals surface area (Å²) >= 11 is 0. The Morgan fingerprint density at radius 3 is 2.60 bits per heavy atom. The second-order valence-electron chi connectivity index (χ2n) is 8.08. The van der Waals surface area contributed by atoms with Gasteiger partial charge >= 0.3 is 5.69 Å². The lowest BCUT2D eigenvalue weighted by molar-refractivity contribution is 0.104. The predicted molar refractivity (Wildman–Crippen MR) is 137 cm³/mol. The zero-order valence-corrected chi connectivity index (χ0v) is 18.9. The Hall–Kier alpha value is -4.84. The first-order valence-corrected chi connectivity index (χ1v) is 11.0. The molecular weight excluding hydrogens is 440 g/mol. The number of aromatic nitrogens is 2. The Labute approximate surface area is 201 Å². The van der Waals surface area contributed by atoms with Crippen LogP contribution in [0.15, 0.2) is 102 Å². The lowest BCUT2D eigenvalue weighted by Crippen LogP contribution is -2.14. The summed E-state index contributed by atoms with van der Waals surface area (Å²) < 4.78 is 6.60. The van der Waals surface area contributed by atoms with Crippen LogP contribution in [-0.4, -0.2) is 27.6 Å². The number of carbonyl (C=O) groups excluding carboxylic acids is 1. The summed E-state index contributed by atoms with van der Waals surface area (Å²) in [6.45, 7) is 0. The highest BCUT2D eigenvalue weighted by molar-refractivity contribution is 6.07. The summed E-state index contributed by atoms with van der Waals surface area (Å²) in [6, 6.07) is 25.8. The third kappa shape index (κ3) is 4.50. The maximum Gasteiger partial charge on any atom is 0.330 e. The Morgan fingerprint density at radius 1 is 0.943 bits per heavy atom. The molecule has 0 aliphatic carbocycles. The van der Waals surface area contributed by atoms with Crippen molar-refractivity contribution in [1.82, 2.24) is 9.55 Å². The van der Waals surface area contributed by atoms with Crippen LogP contribution in [0.25, 0.3) is 33.8 Å². The quantitative estimate of drug-likeness (QED) is 0.254. The van der Waals surface area contributed by atoms with Crippen LogP contribution in [0.2, 0.25) is 0 Å². The molecule has 0 unspecified atom stereocenters. The summed E-state index contributed by atoms with van der Waals surface area (Å²) in [6.07, 6.45) is 4.84. The molecule has 5 aromatic rings. The first-order chi connectivity index (χ1) is 17.0. The number of nitrogens with zero attached hydrogens (tertiary/aromatic N) is 1. The largest absolute Gasteiger partial charge is 0.504 e. The van der Waals surface area contributed by atoms with Crippen LogP contribution >= 0.6 is 0 Å². The number of hydrogen-bond acceptors (Lipinski definition) is 4.